The van der Waals surface area contributed by atoms with E-state index in [4.69, 9.17) is 5.26 Å². The molecule has 1 N–H and O–H groups in total. The van der Waals surface area contributed by atoms with Crippen LogP contribution in [0.25, 0.3) is 0 Å². The van der Waals surface area contributed by atoms with Crippen molar-refractivity contribution in [3.8, 4) is 6.07 Å². The number of hydrogen-bond donors (Lipinski definition) is 1. The second kappa shape index (κ2) is 6.25. The average Bonchev–Trinajstić information content (AvgIpc) is 2.43. The van der Waals surface area contributed by atoms with Crippen molar-refractivity contribution in [2.24, 2.45) is 0 Å². The Morgan fingerprint density at radius 2 is 1.60 bits per heavy atom. The van der Waals surface area contributed by atoms with Crippen LogP contribution in [0.5, 0.6) is 0 Å². The van der Waals surface area contributed by atoms with E-state index in [9.17, 15) is 0 Å². The van der Waals surface area contributed by atoms with Gasteiger partial charge in [-0.05, 0) is 60.7 Å². The summed E-state index contributed by atoms with van der Waals surface area (Å²) in [6, 6.07) is 14.7. The van der Waals surface area contributed by atoms with Crippen molar-refractivity contribution in [1.82, 2.24) is 0 Å². The normalized spacial score (nSPS) is 10.1. The van der Waals surface area contributed by atoms with Gasteiger partial charge in [-0.3, -0.25) is 0 Å². The van der Waals surface area contributed by atoms with Gasteiger partial charge in [-0.25, -0.2) is 0 Å². The average molecular weight is 264 g/mol. The van der Waals surface area contributed by atoms with Crippen molar-refractivity contribution in [2.75, 3.05) is 5.32 Å². The Balaban J connectivity index is 2.05. The van der Waals surface area contributed by atoms with Gasteiger partial charge in [0.15, 0.2) is 0 Å². The smallest absolute Gasteiger partial charge is 0.0669 e. The first-order chi connectivity index (χ1) is 9.60. The molecule has 2 rings (SSSR count). The minimum absolute atomic E-state index is 0.469. The quantitative estimate of drug-likeness (QED) is 0.894. The van der Waals surface area contributed by atoms with E-state index in [1.165, 1.54) is 22.3 Å². The van der Waals surface area contributed by atoms with E-state index in [0.717, 1.165) is 17.8 Å². The zero-order valence-electron chi connectivity index (χ0n) is 12.3. The molecule has 0 saturated carbocycles. The molecule has 2 heteroatoms. The molecule has 0 spiro atoms. The van der Waals surface area contributed by atoms with Gasteiger partial charge < -0.3 is 5.32 Å². The van der Waals surface area contributed by atoms with E-state index >= 15 is 0 Å². The third kappa shape index (κ3) is 3.39. The summed E-state index contributed by atoms with van der Waals surface area (Å²) in [5, 5.41) is 12.1. The molecule has 0 aliphatic rings. The minimum Gasteiger partial charge on any atom is -0.381 e. The molecular formula is C18H20N2. The van der Waals surface area contributed by atoms with Gasteiger partial charge in [0, 0.05) is 12.2 Å². The largest absolute Gasteiger partial charge is 0.381 e. The van der Waals surface area contributed by atoms with Crippen molar-refractivity contribution in [2.45, 2.75) is 33.7 Å². The molecule has 0 saturated heterocycles. The van der Waals surface area contributed by atoms with Crippen LogP contribution in [-0.4, -0.2) is 0 Å². The Morgan fingerprint density at radius 1 is 0.950 bits per heavy atom. The van der Waals surface area contributed by atoms with Gasteiger partial charge in [0.1, 0.15) is 0 Å². The number of hydrogen-bond acceptors (Lipinski definition) is 2. The number of aryl methyl sites for hydroxylation is 3. The van der Waals surface area contributed by atoms with Crippen LogP contribution in [0, 0.1) is 32.1 Å². The van der Waals surface area contributed by atoms with Crippen LogP contribution >= 0.6 is 0 Å². The SMILES string of the molecule is Cc1cc(C)c(CNc2ccc(CC#N)cc2)cc1C. The second-order valence-electron chi connectivity index (χ2n) is 5.25. The van der Waals surface area contributed by atoms with Gasteiger partial charge in [-0.2, -0.15) is 5.26 Å². The van der Waals surface area contributed by atoms with E-state index in [1.54, 1.807) is 0 Å². The van der Waals surface area contributed by atoms with Gasteiger partial charge in [0.25, 0.3) is 0 Å². The fraction of sp³-hybridized carbons (Fsp3) is 0.278. The van der Waals surface area contributed by atoms with Crippen LogP contribution in [0.2, 0.25) is 0 Å². The summed E-state index contributed by atoms with van der Waals surface area (Å²) in [6.45, 7) is 7.27. The number of rotatable bonds is 4. The van der Waals surface area contributed by atoms with Crippen molar-refractivity contribution in [3.05, 3.63) is 64.2 Å². The van der Waals surface area contributed by atoms with E-state index in [-0.39, 0.29) is 0 Å². The summed E-state index contributed by atoms with van der Waals surface area (Å²) in [4.78, 5) is 0. The molecule has 0 aliphatic carbocycles. The number of nitrogens with one attached hydrogen (secondary N) is 1. The summed E-state index contributed by atoms with van der Waals surface area (Å²) >= 11 is 0. The van der Waals surface area contributed by atoms with Crippen LogP contribution in [-0.2, 0) is 13.0 Å². The van der Waals surface area contributed by atoms with E-state index in [0.29, 0.717) is 6.42 Å². The Morgan fingerprint density at radius 3 is 2.25 bits per heavy atom. The van der Waals surface area contributed by atoms with Crippen molar-refractivity contribution < 1.29 is 0 Å². The maximum atomic E-state index is 8.65. The maximum Gasteiger partial charge on any atom is 0.0669 e. The topological polar surface area (TPSA) is 35.8 Å². The Bertz CT molecular complexity index is 634. The lowest BCUT2D eigenvalue weighted by Crippen LogP contribution is -2.02. The van der Waals surface area contributed by atoms with Crippen LogP contribution in [0.3, 0.4) is 0 Å². The van der Waals surface area contributed by atoms with Gasteiger partial charge in [-0.1, -0.05) is 24.3 Å². The maximum absolute atomic E-state index is 8.65. The monoisotopic (exact) mass is 264 g/mol. The molecule has 0 heterocycles. The molecule has 0 bridgehead atoms. The molecule has 2 nitrogen and oxygen atoms in total. The highest BCUT2D eigenvalue weighted by molar-refractivity contribution is 5.47. The Labute approximate surface area is 121 Å². The van der Waals surface area contributed by atoms with Gasteiger partial charge >= 0.3 is 0 Å². The molecular weight excluding hydrogens is 244 g/mol. The lowest BCUT2D eigenvalue weighted by molar-refractivity contribution is 1.10. The zero-order chi connectivity index (χ0) is 14.5. The van der Waals surface area contributed by atoms with Crippen molar-refractivity contribution >= 4 is 5.69 Å². The van der Waals surface area contributed by atoms with Crippen LogP contribution < -0.4 is 5.32 Å². The predicted octanol–water partition coefficient (Wildman–Crippen LogP) is 4.29. The molecule has 2 aromatic carbocycles. The molecule has 0 atom stereocenters. The van der Waals surface area contributed by atoms with Crippen molar-refractivity contribution in [3.63, 3.8) is 0 Å². The lowest BCUT2D eigenvalue weighted by atomic mass is 10.0. The molecule has 102 valence electrons. The van der Waals surface area contributed by atoms with E-state index in [1.807, 2.05) is 24.3 Å². The molecule has 0 amide bonds. The zero-order valence-corrected chi connectivity index (χ0v) is 12.3. The molecule has 0 fully saturated rings. The highest BCUT2D eigenvalue weighted by Gasteiger charge is 2.02. The predicted molar refractivity (Wildman–Crippen MR) is 83.7 cm³/mol. The number of anilines is 1. The summed E-state index contributed by atoms with van der Waals surface area (Å²) in [6.07, 6.45) is 0.469. The highest BCUT2D eigenvalue weighted by Crippen LogP contribution is 2.17. The number of nitrogens with zero attached hydrogens (tertiary/aromatic N) is 1. The second-order valence-corrected chi connectivity index (χ2v) is 5.25. The summed E-state index contributed by atoms with van der Waals surface area (Å²) in [7, 11) is 0. The molecule has 0 aromatic heterocycles. The molecule has 0 radical (unpaired) electrons. The third-order valence-corrected chi connectivity index (χ3v) is 3.67. The molecule has 2 aromatic rings. The van der Waals surface area contributed by atoms with Crippen LogP contribution in [0.15, 0.2) is 36.4 Å². The molecule has 0 aliphatic heterocycles. The standard InChI is InChI=1S/C18H20N2/c1-13-10-15(3)17(11-14(13)2)12-20-18-6-4-16(5-7-18)8-9-19/h4-7,10-11,20H,8,12H2,1-3H3. The van der Waals surface area contributed by atoms with Crippen LogP contribution in [0.1, 0.15) is 27.8 Å². The first-order valence-corrected chi connectivity index (χ1v) is 6.86. The number of benzene rings is 2. The molecule has 0 unspecified atom stereocenters. The summed E-state index contributed by atoms with van der Waals surface area (Å²) in [5.41, 5.74) is 7.46. The first kappa shape index (κ1) is 14.1. The fourth-order valence-corrected chi connectivity index (χ4v) is 2.24. The van der Waals surface area contributed by atoms with Gasteiger partial charge in [0.2, 0.25) is 0 Å². The Hall–Kier alpha value is -2.27. The van der Waals surface area contributed by atoms with E-state index < -0.39 is 0 Å². The summed E-state index contributed by atoms with van der Waals surface area (Å²) < 4.78 is 0. The van der Waals surface area contributed by atoms with Gasteiger partial charge in [0.05, 0.1) is 12.5 Å². The summed E-state index contributed by atoms with van der Waals surface area (Å²) in [5.74, 6) is 0. The Kier molecular flexibility index (Phi) is 4.42. The van der Waals surface area contributed by atoms with Crippen molar-refractivity contribution in [1.29, 1.82) is 5.26 Å². The number of nitriles is 1. The molecule has 20 heavy (non-hydrogen) atoms. The third-order valence-electron chi connectivity index (χ3n) is 3.67. The lowest BCUT2D eigenvalue weighted by Gasteiger charge is -2.12. The minimum atomic E-state index is 0.469. The first-order valence-electron chi connectivity index (χ1n) is 6.86. The van der Waals surface area contributed by atoms with Crippen LogP contribution in [0.4, 0.5) is 5.69 Å². The highest BCUT2D eigenvalue weighted by atomic mass is 14.9. The van der Waals surface area contributed by atoms with Gasteiger partial charge in [-0.15, -0.1) is 0 Å². The fourth-order valence-electron chi connectivity index (χ4n) is 2.24. The van der Waals surface area contributed by atoms with E-state index in [2.05, 4.69) is 44.3 Å².